The Morgan fingerprint density at radius 2 is 0.728 bits per heavy atom. The number of H-pyrrole nitrogens is 6. The van der Waals surface area contributed by atoms with Crippen molar-refractivity contribution in [2.24, 2.45) is 5.92 Å². The van der Waals surface area contributed by atoms with Gasteiger partial charge in [-0.1, -0.05) is 187 Å². The number of ether oxygens (including phenoxy) is 3. The second-order valence-corrected chi connectivity index (χ2v) is 38.9. The first-order chi connectivity index (χ1) is 58.7. The third kappa shape index (κ3) is 24.1. The number of fused-ring (bicyclic) bond motifs is 6. The number of likely N-dealkylation sites (N-methyl/N-ethyl adjacent to an activating group) is 1. The van der Waals surface area contributed by atoms with Crippen LogP contribution in [0.2, 0.25) is 0 Å². The summed E-state index contributed by atoms with van der Waals surface area (Å²) in [5.41, 5.74) is 20.9. The van der Waals surface area contributed by atoms with Crippen molar-refractivity contribution in [3.63, 3.8) is 0 Å². The molecule has 0 aliphatic rings. The molecule has 0 spiro atoms. The summed E-state index contributed by atoms with van der Waals surface area (Å²) in [6, 6.07) is 60.7. The zero-order valence-corrected chi connectivity index (χ0v) is 77.9. The van der Waals surface area contributed by atoms with Crippen LogP contribution in [0.1, 0.15) is 222 Å². The van der Waals surface area contributed by atoms with Crippen LogP contribution < -0.4 is 20.1 Å². The lowest BCUT2D eigenvalue weighted by Gasteiger charge is -2.24. The van der Waals surface area contributed by atoms with Crippen molar-refractivity contribution in [3.8, 4) is 44.9 Å². The standard InChI is InChI=1S/C23H29N3O.C20H23NO.C19H21NO.C17H24N2O.C15H19NO2.C13H14F3N/c1-23(2,3)20-15-21-18(10-11-24-21)14-19(20)16-6-8-17(9-7-16)22(27)25-12-13-26(4)5;1-5-22-19-9-7-6-8-15(19)16-12-14-10-11-21-18(14)13-17(16)20(2,3)4;1-19(2,3)16-12-17-13(9-10-20-17)11-15(16)14-7-5-6-8-18(14)21-4;1-11(2)10-19-16(20)13-8-12-6-7-18-15(12)9-14(13)17(3,4)5;1-5-18-14(17)11-8-10-6-7-16-13(10)9-12(11)15(2,3)4;1-12(2,3)9-7-11-8(4-5-17-11)6-10(9)13(14,15)16/h6-11,14-15,24H,12-13H2,1-5H3,(H,25,27);6-13,21H,5H2,1-4H3;5-12,20H,1-4H3;6-9,11,18H,10H2,1-5H3,(H,19,20);6-9,16H,5H2,1-4H3;4-7,17H,1-3H3. The van der Waals surface area contributed by atoms with Gasteiger partial charge < -0.3 is 59.6 Å². The average Bonchev–Trinajstić information content (AvgIpc) is 1.74. The maximum Gasteiger partial charge on any atom is 0.416 e. The number of alkyl halides is 3. The Bertz CT molecular complexity index is 6130. The summed E-state index contributed by atoms with van der Waals surface area (Å²) >= 11 is 0. The highest BCUT2D eigenvalue weighted by atomic mass is 19.4. The molecule has 8 N–H and O–H groups in total. The first-order valence-electron chi connectivity index (χ1n) is 43.3. The number of rotatable bonds is 15. The average molecular weight is 1700 g/mol. The van der Waals surface area contributed by atoms with E-state index in [-0.39, 0.29) is 44.9 Å². The zero-order valence-electron chi connectivity index (χ0n) is 77.9. The predicted molar refractivity (Wildman–Crippen MR) is 515 cm³/mol. The third-order valence-electron chi connectivity index (χ3n) is 21.9. The van der Waals surface area contributed by atoms with Gasteiger partial charge in [-0.05, 0) is 277 Å². The van der Waals surface area contributed by atoms with Gasteiger partial charge in [0, 0.05) is 123 Å². The molecule has 18 heteroatoms. The van der Waals surface area contributed by atoms with Crippen LogP contribution >= 0.6 is 0 Å². The Kier molecular flexibility index (Phi) is 30.0. The monoisotopic (exact) mass is 1690 g/mol. The summed E-state index contributed by atoms with van der Waals surface area (Å²) in [4.78, 5) is 58.1. The van der Waals surface area contributed by atoms with Gasteiger partial charge in [0.2, 0.25) is 0 Å². The lowest BCUT2D eigenvalue weighted by molar-refractivity contribution is -0.138. The number of carbonyl (C=O) groups is 3. The Morgan fingerprint density at radius 3 is 1.11 bits per heavy atom. The number of nitrogens with zero attached hydrogens (tertiary/aromatic N) is 1. The molecule has 660 valence electrons. The van der Waals surface area contributed by atoms with Crippen LogP contribution in [0.3, 0.4) is 0 Å². The minimum absolute atomic E-state index is 0.0201. The quantitative estimate of drug-likeness (QED) is 0.0467. The van der Waals surface area contributed by atoms with E-state index in [4.69, 9.17) is 14.2 Å². The van der Waals surface area contributed by atoms with Gasteiger partial charge in [0.25, 0.3) is 11.8 Å². The fourth-order valence-electron chi connectivity index (χ4n) is 15.3. The molecule has 15 aromatic rings. The molecule has 6 heterocycles. The summed E-state index contributed by atoms with van der Waals surface area (Å²) in [7, 11) is 5.72. The molecule has 0 radical (unpaired) electrons. The Labute approximate surface area is 736 Å². The van der Waals surface area contributed by atoms with Crippen molar-refractivity contribution < 1.29 is 41.8 Å². The Morgan fingerprint density at radius 1 is 0.376 bits per heavy atom. The van der Waals surface area contributed by atoms with Crippen molar-refractivity contribution >= 4 is 83.2 Å². The fourth-order valence-corrected chi connectivity index (χ4v) is 15.3. The highest BCUT2D eigenvalue weighted by molar-refractivity contribution is 6.01. The topological polar surface area (TPSA) is 201 Å². The van der Waals surface area contributed by atoms with Crippen molar-refractivity contribution in [1.82, 2.24) is 45.4 Å². The lowest BCUT2D eigenvalue weighted by Crippen LogP contribution is -2.31. The maximum atomic E-state index is 13.0. The van der Waals surface area contributed by atoms with Gasteiger partial charge in [0.15, 0.2) is 0 Å². The molecule has 0 saturated heterocycles. The summed E-state index contributed by atoms with van der Waals surface area (Å²) in [6.07, 6.45) is 7.09. The number of amides is 2. The van der Waals surface area contributed by atoms with Crippen LogP contribution in [-0.2, 0) is 43.4 Å². The van der Waals surface area contributed by atoms with E-state index >= 15 is 0 Å². The summed E-state index contributed by atoms with van der Waals surface area (Å²) in [5.74, 6) is 2.06. The third-order valence-corrected chi connectivity index (χ3v) is 21.9. The van der Waals surface area contributed by atoms with E-state index in [1.165, 1.54) is 66.6 Å². The van der Waals surface area contributed by atoms with Crippen molar-refractivity contribution in [1.29, 1.82) is 0 Å². The predicted octanol–water partition coefficient (Wildman–Crippen LogP) is 27.1. The molecule has 9 aromatic carbocycles. The molecule has 0 saturated carbocycles. The van der Waals surface area contributed by atoms with Crippen molar-refractivity contribution in [3.05, 3.63) is 275 Å². The number of halogens is 3. The molecule has 0 aliphatic carbocycles. The highest BCUT2D eigenvalue weighted by Crippen LogP contribution is 2.45. The summed E-state index contributed by atoms with van der Waals surface area (Å²) in [6.45, 7) is 49.5. The Hall–Kier alpha value is -12.0. The molecule has 0 atom stereocenters. The number of hydrogen-bond donors (Lipinski definition) is 8. The number of methoxy groups -OCH3 is 1. The van der Waals surface area contributed by atoms with Gasteiger partial charge in [-0.25, -0.2) is 4.79 Å². The van der Waals surface area contributed by atoms with Crippen LogP contribution in [-0.4, -0.2) is 107 Å². The SMILES string of the molecule is CC(C)(C)c1cc2[nH]ccc2cc1C(F)(F)F.CC(C)CNC(=O)c1cc2cc[nH]c2cc1C(C)(C)C.CCOC(=O)c1cc2cc[nH]c2cc1C(C)(C)C.CCOc1ccccc1-c1cc2cc[nH]c2cc1C(C)(C)C.CN(C)CCNC(=O)c1ccc(-c2cc3cc[nH]c3cc2C(C)(C)C)cc1.COc1ccccc1-c1cc2cc[nH]c2cc1C(C)(C)C. The molecule has 0 aliphatic heterocycles. The van der Waals surface area contributed by atoms with Gasteiger partial charge in [0.05, 0.1) is 31.5 Å². The van der Waals surface area contributed by atoms with E-state index in [9.17, 15) is 27.6 Å². The number of nitrogens with one attached hydrogen (secondary N) is 8. The van der Waals surface area contributed by atoms with E-state index < -0.39 is 17.2 Å². The van der Waals surface area contributed by atoms with E-state index in [0.717, 1.165) is 84.3 Å². The number of aromatic nitrogens is 6. The van der Waals surface area contributed by atoms with E-state index in [1.807, 2.05) is 138 Å². The van der Waals surface area contributed by atoms with Crippen LogP contribution in [0.4, 0.5) is 13.2 Å². The first kappa shape index (κ1) is 95.2. The maximum absolute atomic E-state index is 13.0. The molecule has 0 bridgehead atoms. The molecular formula is C107H130F3N9O6. The fraction of sp³-hybridized carbons (Fsp3) is 0.355. The second-order valence-electron chi connectivity index (χ2n) is 38.9. The van der Waals surface area contributed by atoms with Crippen molar-refractivity contribution in [2.75, 3.05) is 54.1 Å². The summed E-state index contributed by atoms with van der Waals surface area (Å²) < 4.78 is 55.5. The minimum Gasteiger partial charge on any atom is -0.496 e. The number of carbonyl (C=O) groups excluding carboxylic acids is 3. The number of esters is 1. The van der Waals surface area contributed by atoms with Gasteiger partial charge in [0.1, 0.15) is 11.5 Å². The second kappa shape index (κ2) is 39.4. The normalized spacial score (nSPS) is 12.1. The molecular weight excluding hydrogens is 1560 g/mol. The highest BCUT2D eigenvalue weighted by Gasteiger charge is 2.37. The van der Waals surface area contributed by atoms with Crippen molar-refractivity contribution in [2.45, 2.75) is 191 Å². The van der Waals surface area contributed by atoms with Gasteiger partial charge >= 0.3 is 12.1 Å². The van der Waals surface area contributed by atoms with E-state index in [2.05, 4.69) is 248 Å². The molecule has 2 amide bonds. The molecule has 0 fully saturated rings. The smallest absolute Gasteiger partial charge is 0.416 e. The van der Waals surface area contributed by atoms with Gasteiger partial charge in [-0.15, -0.1) is 0 Å². The minimum atomic E-state index is -4.31. The number of benzene rings is 9. The van der Waals surface area contributed by atoms with E-state index in [0.29, 0.717) is 54.3 Å². The number of hydrogen-bond acceptors (Lipinski definition) is 7. The van der Waals surface area contributed by atoms with Crippen LogP contribution in [0.15, 0.2) is 219 Å². The molecule has 15 nitrogen and oxygen atoms in total. The van der Waals surface area contributed by atoms with Gasteiger partial charge in [-0.3, -0.25) is 9.59 Å². The Balaban J connectivity index is 0.000000158. The zero-order chi connectivity index (χ0) is 91.5. The molecule has 6 aromatic heterocycles. The molecule has 125 heavy (non-hydrogen) atoms. The largest absolute Gasteiger partial charge is 0.496 e. The number of aromatic amines is 6. The lowest BCUT2D eigenvalue weighted by atomic mass is 9.81. The van der Waals surface area contributed by atoms with Crippen LogP contribution in [0.5, 0.6) is 11.5 Å². The van der Waals surface area contributed by atoms with Gasteiger partial charge in [-0.2, -0.15) is 13.2 Å². The summed E-state index contributed by atoms with van der Waals surface area (Å²) in [5, 5.41) is 12.3. The van der Waals surface area contributed by atoms with Crippen LogP contribution in [0, 0.1) is 5.92 Å². The first-order valence-corrected chi connectivity index (χ1v) is 43.3. The molecule has 15 rings (SSSR count). The van der Waals surface area contributed by atoms with Crippen LogP contribution in [0.25, 0.3) is 98.8 Å². The number of para-hydroxylation sites is 2. The van der Waals surface area contributed by atoms with E-state index in [1.54, 1.807) is 46.2 Å². The molecule has 0 unspecified atom stereocenters.